The first-order chi connectivity index (χ1) is 11.1. The zero-order valence-electron chi connectivity index (χ0n) is 13.5. The summed E-state index contributed by atoms with van der Waals surface area (Å²) >= 11 is 1.55. The molecule has 0 saturated heterocycles. The highest BCUT2D eigenvalue weighted by Crippen LogP contribution is 2.23. The third-order valence-electron chi connectivity index (χ3n) is 3.48. The van der Waals surface area contributed by atoms with E-state index in [-0.39, 0.29) is 16.7 Å². The van der Waals surface area contributed by atoms with Gasteiger partial charge in [-0.3, -0.25) is 9.59 Å². The van der Waals surface area contributed by atoms with Gasteiger partial charge in [0.05, 0.1) is 5.25 Å². The largest absolute Gasteiger partial charge is 0.355 e. The van der Waals surface area contributed by atoms with Crippen molar-refractivity contribution in [2.75, 3.05) is 6.54 Å². The first-order valence-corrected chi connectivity index (χ1v) is 8.61. The molecule has 1 N–H and O–H groups in total. The first kappa shape index (κ1) is 17.3. The maximum Gasteiger partial charge on any atom is 0.250 e. The van der Waals surface area contributed by atoms with Crippen molar-refractivity contribution in [3.8, 4) is 0 Å². The van der Waals surface area contributed by atoms with E-state index in [0.29, 0.717) is 13.1 Å². The van der Waals surface area contributed by atoms with Crippen molar-refractivity contribution in [3.05, 3.63) is 64.6 Å². The van der Waals surface area contributed by atoms with Gasteiger partial charge in [-0.25, -0.2) is 0 Å². The molecule has 0 unspecified atom stereocenters. The number of nitrogens with one attached hydrogen (secondary N) is 1. The number of pyridine rings is 1. The van der Waals surface area contributed by atoms with Crippen LogP contribution in [0, 0.1) is 6.92 Å². The van der Waals surface area contributed by atoms with Crippen LogP contribution in [0.1, 0.15) is 18.9 Å². The molecular formula is C18H22N2O2S. The van der Waals surface area contributed by atoms with E-state index in [1.165, 1.54) is 5.56 Å². The van der Waals surface area contributed by atoms with Crippen molar-refractivity contribution >= 4 is 17.7 Å². The van der Waals surface area contributed by atoms with Crippen molar-refractivity contribution < 1.29 is 4.79 Å². The third kappa shape index (κ3) is 5.60. The number of aromatic nitrogens is 1. The van der Waals surface area contributed by atoms with Crippen molar-refractivity contribution in [1.82, 2.24) is 9.88 Å². The molecule has 0 spiro atoms. The Bertz CT molecular complexity index is 695. The van der Waals surface area contributed by atoms with Crippen molar-refractivity contribution in [3.63, 3.8) is 0 Å². The number of amides is 1. The van der Waals surface area contributed by atoms with Gasteiger partial charge in [0.2, 0.25) is 11.5 Å². The molecule has 1 amide bonds. The monoisotopic (exact) mass is 330 g/mol. The molecule has 0 aliphatic rings. The number of carbonyl (C=O) groups excluding carboxylic acids is 1. The van der Waals surface area contributed by atoms with E-state index >= 15 is 0 Å². The molecule has 0 bridgehead atoms. The van der Waals surface area contributed by atoms with Crippen LogP contribution >= 0.6 is 11.8 Å². The van der Waals surface area contributed by atoms with Crippen LogP contribution in [0.15, 0.2) is 58.4 Å². The fourth-order valence-electron chi connectivity index (χ4n) is 2.12. The van der Waals surface area contributed by atoms with Gasteiger partial charge in [0, 0.05) is 30.2 Å². The van der Waals surface area contributed by atoms with Crippen molar-refractivity contribution in [1.29, 1.82) is 0 Å². The van der Waals surface area contributed by atoms with Gasteiger partial charge in [-0.15, -0.1) is 11.8 Å². The molecule has 5 heteroatoms. The lowest BCUT2D eigenvalue weighted by molar-refractivity contribution is -0.120. The lowest BCUT2D eigenvalue weighted by Crippen LogP contribution is -2.32. The van der Waals surface area contributed by atoms with E-state index in [1.54, 1.807) is 34.7 Å². The van der Waals surface area contributed by atoms with Gasteiger partial charge in [-0.2, -0.15) is 0 Å². The van der Waals surface area contributed by atoms with Gasteiger partial charge in [0.15, 0.2) is 0 Å². The van der Waals surface area contributed by atoms with Crippen LogP contribution in [0.2, 0.25) is 0 Å². The summed E-state index contributed by atoms with van der Waals surface area (Å²) in [5.41, 5.74) is 1.20. The SMILES string of the molecule is Cc1ccc(S[C@@H](C)C(=O)NCCCn2ccccc2=O)cc1. The van der Waals surface area contributed by atoms with Gasteiger partial charge in [0.1, 0.15) is 0 Å². The average molecular weight is 330 g/mol. The summed E-state index contributed by atoms with van der Waals surface area (Å²) in [6.07, 6.45) is 2.50. The Morgan fingerprint density at radius 2 is 1.96 bits per heavy atom. The van der Waals surface area contributed by atoms with Crippen LogP contribution < -0.4 is 10.9 Å². The van der Waals surface area contributed by atoms with Gasteiger partial charge in [-0.05, 0) is 38.5 Å². The predicted octanol–water partition coefficient (Wildman–Crippen LogP) is 2.84. The molecule has 2 rings (SSSR count). The summed E-state index contributed by atoms with van der Waals surface area (Å²) in [6, 6.07) is 13.3. The summed E-state index contributed by atoms with van der Waals surface area (Å²) in [5, 5.41) is 2.79. The van der Waals surface area contributed by atoms with Crippen LogP contribution in [0.3, 0.4) is 0 Å². The van der Waals surface area contributed by atoms with E-state index < -0.39 is 0 Å². The molecule has 1 heterocycles. The molecule has 0 aliphatic carbocycles. The average Bonchev–Trinajstić information content (AvgIpc) is 2.55. The van der Waals surface area contributed by atoms with E-state index in [2.05, 4.69) is 5.32 Å². The van der Waals surface area contributed by atoms with E-state index in [1.807, 2.05) is 44.2 Å². The fraction of sp³-hybridized carbons (Fsp3) is 0.333. The molecule has 0 aliphatic heterocycles. The number of thioether (sulfide) groups is 1. The van der Waals surface area contributed by atoms with Gasteiger partial charge < -0.3 is 9.88 Å². The molecule has 0 saturated carbocycles. The highest BCUT2D eigenvalue weighted by atomic mass is 32.2. The second-order valence-electron chi connectivity index (χ2n) is 5.45. The normalized spacial score (nSPS) is 11.9. The summed E-state index contributed by atoms with van der Waals surface area (Å²) in [4.78, 5) is 24.7. The zero-order valence-corrected chi connectivity index (χ0v) is 14.3. The quantitative estimate of drug-likeness (QED) is 0.627. The molecule has 122 valence electrons. The number of rotatable bonds is 7. The molecule has 1 atom stereocenters. The van der Waals surface area contributed by atoms with Crippen LogP contribution in [0.5, 0.6) is 0 Å². The van der Waals surface area contributed by atoms with Crippen LogP contribution in [0.25, 0.3) is 0 Å². The Morgan fingerprint density at radius 3 is 2.65 bits per heavy atom. The molecular weight excluding hydrogens is 308 g/mol. The zero-order chi connectivity index (χ0) is 16.7. The third-order valence-corrected chi connectivity index (χ3v) is 4.59. The Morgan fingerprint density at radius 1 is 1.22 bits per heavy atom. The summed E-state index contributed by atoms with van der Waals surface area (Å²) < 4.78 is 1.65. The standard InChI is InChI=1S/C18H22N2O2S/c1-14-7-9-16(10-8-14)23-15(2)18(22)19-11-5-13-20-12-4-3-6-17(20)21/h3-4,6-10,12,15H,5,11,13H2,1-2H3,(H,19,22)/t15-/m0/s1. The topological polar surface area (TPSA) is 51.1 Å². The Balaban J connectivity index is 1.73. The number of carbonyl (C=O) groups is 1. The Kier molecular flexibility index (Phi) is 6.47. The molecule has 23 heavy (non-hydrogen) atoms. The smallest absolute Gasteiger partial charge is 0.250 e. The van der Waals surface area contributed by atoms with Crippen molar-refractivity contribution in [2.24, 2.45) is 0 Å². The van der Waals surface area contributed by atoms with E-state index in [0.717, 1.165) is 11.3 Å². The minimum absolute atomic E-state index is 0.0119. The molecule has 0 radical (unpaired) electrons. The second kappa shape index (κ2) is 8.58. The van der Waals surface area contributed by atoms with E-state index in [9.17, 15) is 9.59 Å². The van der Waals surface area contributed by atoms with Crippen LogP contribution in [-0.2, 0) is 11.3 Å². The molecule has 2 aromatic rings. The number of nitrogens with zero attached hydrogens (tertiary/aromatic N) is 1. The minimum Gasteiger partial charge on any atom is -0.355 e. The highest BCUT2D eigenvalue weighted by Gasteiger charge is 2.13. The second-order valence-corrected chi connectivity index (χ2v) is 6.86. The highest BCUT2D eigenvalue weighted by molar-refractivity contribution is 8.00. The summed E-state index contributed by atoms with van der Waals surface area (Å²) in [6.45, 7) is 5.13. The molecule has 0 fully saturated rings. The number of hydrogen-bond donors (Lipinski definition) is 1. The van der Waals surface area contributed by atoms with Gasteiger partial charge in [0.25, 0.3) is 0 Å². The molecule has 4 nitrogen and oxygen atoms in total. The fourth-order valence-corrected chi connectivity index (χ4v) is 3.02. The molecule has 1 aromatic carbocycles. The number of hydrogen-bond acceptors (Lipinski definition) is 3. The Hall–Kier alpha value is -2.01. The maximum atomic E-state index is 12.1. The van der Waals surface area contributed by atoms with Crippen LogP contribution in [-0.4, -0.2) is 22.3 Å². The molecule has 1 aromatic heterocycles. The van der Waals surface area contributed by atoms with Crippen LogP contribution in [0.4, 0.5) is 0 Å². The Labute approximate surface area is 140 Å². The summed E-state index contributed by atoms with van der Waals surface area (Å²) in [5.74, 6) is 0.0241. The number of aryl methyl sites for hydroxylation is 2. The van der Waals surface area contributed by atoms with Gasteiger partial charge >= 0.3 is 0 Å². The minimum atomic E-state index is -0.142. The predicted molar refractivity (Wildman–Crippen MR) is 94.8 cm³/mol. The number of benzene rings is 1. The lowest BCUT2D eigenvalue weighted by atomic mass is 10.2. The first-order valence-electron chi connectivity index (χ1n) is 7.73. The summed E-state index contributed by atoms with van der Waals surface area (Å²) in [7, 11) is 0. The van der Waals surface area contributed by atoms with Gasteiger partial charge in [-0.1, -0.05) is 23.8 Å². The maximum absolute atomic E-state index is 12.1. The lowest BCUT2D eigenvalue weighted by Gasteiger charge is -2.12. The van der Waals surface area contributed by atoms with E-state index in [4.69, 9.17) is 0 Å². The van der Waals surface area contributed by atoms with Crippen molar-refractivity contribution in [2.45, 2.75) is 37.0 Å².